The molecule has 0 amide bonds. The summed E-state index contributed by atoms with van der Waals surface area (Å²) in [6.07, 6.45) is 0. The van der Waals surface area contributed by atoms with E-state index in [1.807, 2.05) is 30.3 Å². The lowest BCUT2D eigenvalue weighted by Crippen LogP contribution is -2.46. The Labute approximate surface area is 131 Å². The van der Waals surface area contributed by atoms with E-state index in [1.54, 1.807) is 7.11 Å². The van der Waals surface area contributed by atoms with Gasteiger partial charge in [-0.05, 0) is 29.8 Å². The predicted molar refractivity (Wildman–Crippen MR) is 88.0 cm³/mol. The van der Waals surface area contributed by atoms with Crippen LogP contribution in [-0.2, 0) is 11.4 Å². The molecule has 0 saturated carbocycles. The number of hydrogen-bond acceptors (Lipinski definition) is 4. The highest BCUT2D eigenvalue weighted by molar-refractivity contribution is 5.49. The van der Waals surface area contributed by atoms with E-state index >= 15 is 0 Å². The average Bonchev–Trinajstić information content (AvgIpc) is 2.61. The van der Waals surface area contributed by atoms with Gasteiger partial charge in [-0.1, -0.05) is 30.3 Å². The van der Waals surface area contributed by atoms with Crippen molar-refractivity contribution in [3.63, 3.8) is 0 Å². The Hall–Kier alpha value is -2.04. The first kappa shape index (κ1) is 14.9. The molecule has 0 spiro atoms. The lowest BCUT2D eigenvalue weighted by atomic mass is 10.2. The van der Waals surface area contributed by atoms with Crippen LogP contribution >= 0.6 is 0 Å². The molecule has 3 rings (SSSR count). The molecule has 0 radical (unpaired) electrons. The molecule has 1 aliphatic rings. The summed E-state index contributed by atoms with van der Waals surface area (Å²) in [6, 6.07) is 18.5. The normalized spacial score (nSPS) is 15.8. The minimum Gasteiger partial charge on any atom is -0.497 e. The number of ether oxygens (including phenoxy) is 1. The van der Waals surface area contributed by atoms with Gasteiger partial charge >= 0.3 is 0 Å². The molecule has 0 unspecified atom stereocenters. The number of anilines is 1. The van der Waals surface area contributed by atoms with Crippen LogP contribution in [0.4, 0.5) is 5.69 Å². The summed E-state index contributed by atoms with van der Waals surface area (Å²) in [7, 11) is 1.69. The van der Waals surface area contributed by atoms with Crippen LogP contribution in [0.25, 0.3) is 0 Å². The van der Waals surface area contributed by atoms with Crippen LogP contribution in [0.5, 0.6) is 5.75 Å². The summed E-state index contributed by atoms with van der Waals surface area (Å²) < 4.78 is 5.20. The van der Waals surface area contributed by atoms with Gasteiger partial charge in [0.1, 0.15) is 5.75 Å². The Bertz CT molecular complexity index is 563. The van der Waals surface area contributed by atoms with Crippen molar-refractivity contribution in [3.05, 3.63) is 60.2 Å². The van der Waals surface area contributed by atoms with Gasteiger partial charge in [-0.2, -0.15) is 5.06 Å². The fraction of sp³-hybridized carbons (Fsp3) is 0.333. The number of benzene rings is 2. The maximum absolute atomic E-state index is 5.88. The van der Waals surface area contributed by atoms with Crippen LogP contribution < -0.4 is 9.64 Å². The Morgan fingerprint density at radius 2 is 1.55 bits per heavy atom. The second-order valence-corrected chi connectivity index (χ2v) is 5.37. The van der Waals surface area contributed by atoms with Crippen molar-refractivity contribution in [3.8, 4) is 5.75 Å². The van der Waals surface area contributed by atoms with Crippen LogP contribution in [0.2, 0.25) is 0 Å². The molecule has 1 fully saturated rings. The molecule has 0 bridgehead atoms. The fourth-order valence-corrected chi connectivity index (χ4v) is 2.61. The van der Waals surface area contributed by atoms with Crippen molar-refractivity contribution in [2.75, 3.05) is 38.2 Å². The number of nitrogens with zero attached hydrogens (tertiary/aromatic N) is 2. The maximum Gasteiger partial charge on any atom is 0.119 e. The fourth-order valence-electron chi connectivity index (χ4n) is 2.61. The van der Waals surface area contributed by atoms with Gasteiger partial charge in [0.15, 0.2) is 0 Å². The average molecular weight is 298 g/mol. The van der Waals surface area contributed by atoms with E-state index in [0.29, 0.717) is 6.61 Å². The number of methoxy groups -OCH3 is 1. The molecule has 4 heteroatoms. The monoisotopic (exact) mass is 298 g/mol. The van der Waals surface area contributed by atoms with Gasteiger partial charge in [0, 0.05) is 31.9 Å². The van der Waals surface area contributed by atoms with Gasteiger partial charge < -0.3 is 9.64 Å². The van der Waals surface area contributed by atoms with Gasteiger partial charge in [0.25, 0.3) is 0 Å². The lowest BCUT2D eigenvalue weighted by molar-refractivity contribution is -0.171. The van der Waals surface area contributed by atoms with Crippen molar-refractivity contribution >= 4 is 5.69 Å². The van der Waals surface area contributed by atoms with Crippen LogP contribution in [-0.4, -0.2) is 38.4 Å². The summed E-state index contributed by atoms with van der Waals surface area (Å²) in [5.41, 5.74) is 2.45. The topological polar surface area (TPSA) is 24.9 Å². The van der Waals surface area contributed by atoms with Crippen LogP contribution in [0, 0.1) is 0 Å². The van der Waals surface area contributed by atoms with E-state index in [-0.39, 0.29) is 0 Å². The SMILES string of the molecule is COc1ccc(N2CCN(OCc3ccccc3)CC2)cc1. The van der Waals surface area contributed by atoms with E-state index < -0.39 is 0 Å². The summed E-state index contributed by atoms with van der Waals surface area (Å²) in [6.45, 7) is 4.42. The summed E-state index contributed by atoms with van der Waals surface area (Å²) >= 11 is 0. The van der Waals surface area contributed by atoms with Crippen LogP contribution in [0.3, 0.4) is 0 Å². The number of hydrogen-bond donors (Lipinski definition) is 0. The summed E-state index contributed by atoms with van der Waals surface area (Å²) in [4.78, 5) is 8.25. The van der Waals surface area contributed by atoms with E-state index in [1.165, 1.54) is 11.3 Å². The minimum absolute atomic E-state index is 0.642. The summed E-state index contributed by atoms with van der Waals surface area (Å²) in [5.74, 6) is 0.897. The predicted octanol–water partition coefficient (Wildman–Crippen LogP) is 2.95. The standard InChI is InChI=1S/C18H22N2O2/c1-21-18-9-7-17(8-10-18)19-11-13-20(14-12-19)22-15-16-5-3-2-4-6-16/h2-10H,11-15H2,1H3. The molecule has 0 aromatic heterocycles. The maximum atomic E-state index is 5.88. The van der Waals surface area contributed by atoms with Crippen molar-refractivity contribution in [1.29, 1.82) is 0 Å². The van der Waals surface area contributed by atoms with Gasteiger partial charge in [0.2, 0.25) is 0 Å². The Kier molecular flexibility index (Phi) is 4.93. The largest absolute Gasteiger partial charge is 0.497 e. The molecule has 0 N–H and O–H groups in total. The molecular weight excluding hydrogens is 276 g/mol. The Balaban J connectivity index is 1.47. The minimum atomic E-state index is 0.642. The van der Waals surface area contributed by atoms with E-state index in [4.69, 9.17) is 9.57 Å². The van der Waals surface area contributed by atoms with Crippen molar-refractivity contribution in [1.82, 2.24) is 5.06 Å². The van der Waals surface area contributed by atoms with Crippen molar-refractivity contribution < 1.29 is 9.57 Å². The van der Waals surface area contributed by atoms with Crippen LogP contribution in [0.15, 0.2) is 54.6 Å². The first-order chi connectivity index (χ1) is 10.8. The third-order valence-electron chi connectivity index (χ3n) is 3.93. The van der Waals surface area contributed by atoms with E-state index in [2.05, 4.69) is 34.2 Å². The smallest absolute Gasteiger partial charge is 0.119 e. The lowest BCUT2D eigenvalue weighted by Gasteiger charge is -2.35. The number of hydroxylamine groups is 2. The molecule has 2 aromatic rings. The zero-order valence-corrected chi connectivity index (χ0v) is 12.9. The molecule has 2 aromatic carbocycles. The molecular formula is C18H22N2O2. The molecule has 1 heterocycles. The van der Waals surface area contributed by atoms with Gasteiger partial charge in [-0.15, -0.1) is 0 Å². The first-order valence-corrected chi connectivity index (χ1v) is 7.66. The second-order valence-electron chi connectivity index (χ2n) is 5.37. The molecule has 0 atom stereocenters. The quantitative estimate of drug-likeness (QED) is 0.847. The molecule has 116 valence electrons. The highest BCUT2D eigenvalue weighted by atomic mass is 16.7. The zero-order valence-electron chi connectivity index (χ0n) is 12.9. The summed E-state index contributed by atoms with van der Waals surface area (Å²) in [5, 5.41) is 2.06. The third kappa shape index (κ3) is 3.78. The molecule has 1 aliphatic heterocycles. The Morgan fingerprint density at radius 1 is 0.864 bits per heavy atom. The molecule has 0 aliphatic carbocycles. The molecule has 4 nitrogen and oxygen atoms in total. The van der Waals surface area contributed by atoms with Gasteiger partial charge in [0.05, 0.1) is 13.7 Å². The second kappa shape index (κ2) is 7.29. The van der Waals surface area contributed by atoms with E-state index in [0.717, 1.165) is 31.9 Å². The number of piperazine rings is 1. The highest BCUT2D eigenvalue weighted by Crippen LogP contribution is 2.20. The van der Waals surface area contributed by atoms with Crippen molar-refractivity contribution in [2.24, 2.45) is 0 Å². The van der Waals surface area contributed by atoms with Crippen LogP contribution in [0.1, 0.15) is 5.56 Å². The van der Waals surface area contributed by atoms with E-state index in [9.17, 15) is 0 Å². The number of rotatable bonds is 5. The Morgan fingerprint density at radius 3 is 2.18 bits per heavy atom. The van der Waals surface area contributed by atoms with Crippen molar-refractivity contribution in [2.45, 2.75) is 6.61 Å². The van der Waals surface area contributed by atoms with Gasteiger partial charge in [-0.3, -0.25) is 4.84 Å². The zero-order chi connectivity index (χ0) is 15.2. The highest BCUT2D eigenvalue weighted by Gasteiger charge is 2.17. The third-order valence-corrected chi connectivity index (χ3v) is 3.93. The van der Waals surface area contributed by atoms with Gasteiger partial charge in [-0.25, -0.2) is 0 Å². The first-order valence-electron chi connectivity index (χ1n) is 7.66. The molecule has 1 saturated heterocycles. The molecule has 22 heavy (non-hydrogen) atoms.